The summed E-state index contributed by atoms with van der Waals surface area (Å²) in [6, 6.07) is 2.00. The Morgan fingerprint density at radius 2 is 2.39 bits per heavy atom. The second-order valence-corrected chi connectivity index (χ2v) is 6.01. The van der Waals surface area contributed by atoms with E-state index in [0.717, 1.165) is 9.47 Å². The lowest BCUT2D eigenvalue weighted by Crippen LogP contribution is -2.08. The van der Waals surface area contributed by atoms with Crippen LogP contribution in [0.15, 0.2) is 21.4 Å². The van der Waals surface area contributed by atoms with E-state index in [1.807, 2.05) is 11.4 Å². The SMILES string of the molecule is CCOC(=O)c1ncsc1NCc1sccc1Br. The molecule has 0 bridgehead atoms. The minimum atomic E-state index is -0.383. The van der Waals surface area contributed by atoms with Crippen molar-refractivity contribution in [2.75, 3.05) is 11.9 Å². The Bertz CT molecular complexity index is 539. The fraction of sp³-hybridized carbons (Fsp3) is 0.273. The van der Waals surface area contributed by atoms with E-state index in [0.29, 0.717) is 18.8 Å². The normalized spacial score (nSPS) is 10.3. The first-order chi connectivity index (χ1) is 8.72. The Labute approximate surface area is 121 Å². The highest BCUT2D eigenvalue weighted by molar-refractivity contribution is 9.10. The zero-order valence-electron chi connectivity index (χ0n) is 9.60. The number of anilines is 1. The average molecular weight is 347 g/mol. The maximum atomic E-state index is 11.6. The first kappa shape index (κ1) is 13.5. The topological polar surface area (TPSA) is 51.2 Å². The zero-order chi connectivity index (χ0) is 13.0. The molecule has 0 atom stereocenters. The van der Waals surface area contributed by atoms with E-state index < -0.39 is 0 Å². The fourth-order valence-electron chi connectivity index (χ4n) is 1.33. The predicted octanol–water partition coefficient (Wildman–Crippen LogP) is 3.76. The van der Waals surface area contributed by atoms with E-state index in [1.165, 1.54) is 16.2 Å². The molecule has 0 saturated carbocycles. The molecule has 0 fully saturated rings. The number of carbonyl (C=O) groups excluding carboxylic acids is 1. The van der Waals surface area contributed by atoms with Crippen molar-refractivity contribution in [3.8, 4) is 0 Å². The molecule has 2 aromatic heterocycles. The van der Waals surface area contributed by atoms with Crippen LogP contribution in [-0.2, 0) is 11.3 Å². The van der Waals surface area contributed by atoms with Crippen molar-refractivity contribution in [2.45, 2.75) is 13.5 Å². The number of nitrogens with one attached hydrogen (secondary N) is 1. The second-order valence-electron chi connectivity index (χ2n) is 3.30. The van der Waals surface area contributed by atoms with Crippen molar-refractivity contribution < 1.29 is 9.53 Å². The number of hydrogen-bond donors (Lipinski definition) is 1. The monoisotopic (exact) mass is 346 g/mol. The van der Waals surface area contributed by atoms with Crippen molar-refractivity contribution in [2.24, 2.45) is 0 Å². The van der Waals surface area contributed by atoms with Crippen LogP contribution < -0.4 is 5.32 Å². The summed E-state index contributed by atoms with van der Waals surface area (Å²) in [5, 5.41) is 5.97. The number of ether oxygens (including phenoxy) is 1. The summed E-state index contributed by atoms with van der Waals surface area (Å²) >= 11 is 6.52. The number of esters is 1. The third kappa shape index (κ3) is 3.09. The molecule has 2 rings (SSSR count). The molecule has 0 spiro atoms. The molecule has 2 heterocycles. The Morgan fingerprint density at radius 1 is 1.56 bits per heavy atom. The Hall–Kier alpha value is -0.920. The molecule has 0 aliphatic heterocycles. The van der Waals surface area contributed by atoms with Gasteiger partial charge < -0.3 is 10.1 Å². The van der Waals surface area contributed by atoms with Gasteiger partial charge in [-0.1, -0.05) is 0 Å². The lowest BCUT2D eigenvalue weighted by molar-refractivity contribution is 0.0521. The van der Waals surface area contributed by atoms with Crippen LogP contribution in [0.1, 0.15) is 22.3 Å². The number of thiazole rings is 1. The summed E-state index contributed by atoms with van der Waals surface area (Å²) in [5.41, 5.74) is 1.99. The molecule has 0 aromatic carbocycles. The lowest BCUT2D eigenvalue weighted by atomic mass is 10.4. The third-order valence-corrected chi connectivity index (χ3v) is 4.85. The average Bonchev–Trinajstić information content (AvgIpc) is 2.95. The van der Waals surface area contributed by atoms with E-state index in [-0.39, 0.29) is 5.97 Å². The zero-order valence-corrected chi connectivity index (χ0v) is 12.8. The van der Waals surface area contributed by atoms with Gasteiger partial charge in [-0.25, -0.2) is 9.78 Å². The van der Waals surface area contributed by atoms with Crippen molar-refractivity contribution in [1.82, 2.24) is 4.98 Å². The van der Waals surface area contributed by atoms with Crippen molar-refractivity contribution in [3.63, 3.8) is 0 Å². The maximum Gasteiger partial charge on any atom is 0.360 e. The van der Waals surface area contributed by atoms with Gasteiger partial charge in [-0.2, -0.15) is 0 Å². The minimum Gasteiger partial charge on any atom is -0.461 e. The number of carbonyl (C=O) groups is 1. The smallest absolute Gasteiger partial charge is 0.360 e. The molecule has 7 heteroatoms. The van der Waals surface area contributed by atoms with Gasteiger partial charge >= 0.3 is 5.97 Å². The second kappa shape index (κ2) is 6.31. The standard InChI is InChI=1S/C11H11BrN2O2S2/c1-2-16-11(15)9-10(18-6-14-9)13-5-8-7(12)3-4-17-8/h3-4,6,13H,2,5H2,1H3. The number of nitrogens with zero attached hydrogens (tertiary/aromatic N) is 1. The van der Waals surface area contributed by atoms with Crippen molar-refractivity contribution >= 4 is 49.6 Å². The van der Waals surface area contributed by atoms with Gasteiger partial charge in [0.25, 0.3) is 0 Å². The van der Waals surface area contributed by atoms with Crippen LogP contribution in [0.25, 0.3) is 0 Å². The van der Waals surface area contributed by atoms with Crippen LogP contribution in [-0.4, -0.2) is 17.6 Å². The van der Waals surface area contributed by atoms with Gasteiger partial charge in [-0.3, -0.25) is 0 Å². The molecular weight excluding hydrogens is 336 g/mol. The highest BCUT2D eigenvalue weighted by Crippen LogP contribution is 2.26. The van der Waals surface area contributed by atoms with E-state index in [4.69, 9.17) is 4.74 Å². The molecule has 1 N–H and O–H groups in total. The summed E-state index contributed by atoms with van der Waals surface area (Å²) in [5.74, 6) is -0.383. The number of aromatic nitrogens is 1. The predicted molar refractivity (Wildman–Crippen MR) is 77.4 cm³/mol. The molecule has 0 aliphatic carbocycles. The molecule has 0 unspecified atom stereocenters. The first-order valence-electron chi connectivity index (χ1n) is 5.28. The van der Waals surface area contributed by atoms with Crippen molar-refractivity contribution in [3.05, 3.63) is 32.0 Å². The van der Waals surface area contributed by atoms with Gasteiger partial charge in [-0.15, -0.1) is 22.7 Å². The molecule has 0 radical (unpaired) electrons. The minimum absolute atomic E-state index is 0.353. The van der Waals surface area contributed by atoms with Gasteiger partial charge in [-0.05, 0) is 34.3 Å². The highest BCUT2D eigenvalue weighted by atomic mass is 79.9. The van der Waals surface area contributed by atoms with Crippen LogP contribution in [0.5, 0.6) is 0 Å². The Balaban J connectivity index is 2.04. The summed E-state index contributed by atoms with van der Waals surface area (Å²) in [7, 11) is 0. The van der Waals surface area contributed by atoms with E-state index in [1.54, 1.807) is 23.8 Å². The lowest BCUT2D eigenvalue weighted by Gasteiger charge is -2.05. The first-order valence-corrected chi connectivity index (χ1v) is 7.84. The van der Waals surface area contributed by atoms with Crippen LogP contribution in [0.2, 0.25) is 0 Å². The molecular formula is C11H11BrN2O2S2. The summed E-state index contributed by atoms with van der Waals surface area (Å²) < 4.78 is 6.02. The molecule has 18 heavy (non-hydrogen) atoms. The van der Waals surface area contributed by atoms with E-state index >= 15 is 0 Å². The van der Waals surface area contributed by atoms with Crippen LogP contribution in [0.4, 0.5) is 5.00 Å². The Kier molecular flexibility index (Phi) is 4.73. The molecule has 0 aliphatic rings. The molecule has 96 valence electrons. The maximum absolute atomic E-state index is 11.6. The van der Waals surface area contributed by atoms with Crippen molar-refractivity contribution in [1.29, 1.82) is 0 Å². The summed E-state index contributed by atoms with van der Waals surface area (Å²) in [6.45, 7) is 2.79. The largest absolute Gasteiger partial charge is 0.461 e. The van der Waals surface area contributed by atoms with Gasteiger partial charge in [0, 0.05) is 9.35 Å². The fourth-order valence-corrected chi connectivity index (χ4v) is 3.43. The van der Waals surface area contributed by atoms with Gasteiger partial charge in [0.2, 0.25) is 0 Å². The Morgan fingerprint density at radius 3 is 3.06 bits per heavy atom. The third-order valence-electron chi connectivity index (χ3n) is 2.14. The quantitative estimate of drug-likeness (QED) is 0.837. The summed E-state index contributed by atoms with van der Waals surface area (Å²) in [4.78, 5) is 16.8. The highest BCUT2D eigenvalue weighted by Gasteiger charge is 2.16. The number of thiophene rings is 1. The van der Waals surface area contributed by atoms with E-state index in [9.17, 15) is 4.79 Å². The molecule has 0 saturated heterocycles. The van der Waals surface area contributed by atoms with Crippen LogP contribution in [0.3, 0.4) is 0 Å². The van der Waals surface area contributed by atoms with Gasteiger partial charge in [0.1, 0.15) is 5.00 Å². The number of halogens is 1. The number of rotatable bonds is 5. The molecule has 0 amide bonds. The van der Waals surface area contributed by atoms with Crippen LogP contribution in [0, 0.1) is 0 Å². The van der Waals surface area contributed by atoms with Gasteiger partial charge in [0.05, 0.1) is 18.7 Å². The van der Waals surface area contributed by atoms with Gasteiger partial charge in [0.15, 0.2) is 5.69 Å². The van der Waals surface area contributed by atoms with E-state index in [2.05, 4.69) is 26.2 Å². The van der Waals surface area contributed by atoms with Crippen LogP contribution >= 0.6 is 38.6 Å². The summed E-state index contributed by atoms with van der Waals surface area (Å²) in [6.07, 6.45) is 0. The molecule has 2 aromatic rings. The molecule has 4 nitrogen and oxygen atoms in total. The number of hydrogen-bond acceptors (Lipinski definition) is 6.